The monoisotopic (exact) mass is 531 g/mol. The first-order valence-corrected chi connectivity index (χ1v) is 10.7. The summed E-state index contributed by atoms with van der Waals surface area (Å²) in [5.41, 5.74) is 6.59. The molecule has 2 aliphatic heterocycles. The molecule has 11 nitrogen and oxygen atoms in total. The maximum Gasteiger partial charge on any atom is 0.490 e. The summed E-state index contributed by atoms with van der Waals surface area (Å²) in [6.45, 7) is 1.51. The zero-order valence-corrected chi connectivity index (χ0v) is 19.4. The molecule has 2 amide bonds. The predicted octanol–water partition coefficient (Wildman–Crippen LogP) is 1.14. The van der Waals surface area contributed by atoms with E-state index in [1.807, 2.05) is 0 Å². The summed E-state index contributed by atoms with van der Waals surface area (Å²) in [5, 5.41) is 18.6. The van der Waals surface area contributed by atoms with Crippen LogP contribution in [0.4, 0.5) is 13.2 Å². The number of esters is 1. The minimum absolute atomic E-state index is 0.230. The SMILES string of the molecule is COC(=O)/C=C1\SC2C(NC(=O)C(N)c3ccccc3)C(=O)N2C(C(=O)O)=C1C.O=C(O)C(F)(F)F. The zero-order valence-electron chi connectivity index (χ0n) is 18.6. The van der Waals surface area contributed by atoms with Gasteiger partial charge in [0, 0.05) is 11.0 Å². The third-order valence-electron chi connectivity index (χ3n) is 4.89. The number of β-lactam (4-membered cyclic amide) rings is 1. The molecule has 1 aromatic carbocycles. The summed E-state index contributed by atoms with van der Waals surface area (Å²) < 4.78 is 36.3. The fourth-order valence-corrected chi connectivity index (χ4v) is 4.43. The van der Waals surface area contributed by atoms with Crippen molar-refractivity contribution in [3.8, 4) is 0 Å². The Morgan fingerprint density at radius 1 is 1.19 bits per heavy atom. The molecule has 15 heteroatoms. The number of ether oxygens (including phenoxy) is 1. The number of fused-ring (bicyclic) bond motifs is 1. The van der Waals surface area contributed by atoms with E-state index in [-0.39, 0.29) is 11.3 Å². The van der Waals surface area contributed by atoms with Gasteiger partial charge in [0.1, 0.15) is 23.2 Å². The van der Waals surface area contributed by atoms with E-state index in [1.165, 1.54) is 14.0 Å². The summed E-state index contributed by atoms with van der Waals surface area (Å²) in [7, 11) is 1.21. The molecule has 0 saturated carbocycles. The van der Waals surface area contributed by atoms with Gasteiger partial charge < -0.3 is 26.0 Å². The van der Waals surface area contributed by atoms with Gasteiger partial charge in [0.25, 0.3) is 5.91 Å². The molecule has 3 atom stereocenters. The van der Waals surface area contributed by atoms with Crippen molar-refractivity contribution in [1.29, 1.82) is 0 Å². The highest BCUT2D eigenvalue weighted by Gasteiger charge is 2.55. The lowest BCUT2D eigenvalue weighted by Gasteiger charge is -2.49. The number of carboxylic acid groups (broad SMARTS) is 2. The van der Waals surface area contributed by atoms with Gasteiger partial charge in [-0.05, 0) is 18.1 Å². The molecule has 3 unspecified atom stereocenters. The van der Waals surface area contributed by atoms with Crippen molar-refractivity contribution in [2.24, 2.45) is 5.73 Å². The number of aliphatic carboxylic acids is 2. The lowest BCUT2D eigenvalue weighted by molar-refractivity contribution is -0.192. The molecule has 1 saturated heterocycles. The second kappa shape index (κ2) is 11.3. The van der Waals surface area contributed by atoms with Crippen LogP contribution in [0.3, 0.4) is 0 Å². The number of halogens is 3. The Morgan fingerprint density at radius 2 is 1.75 bits per heavy atom. The molecule has 0 aliphatic carbocycles. The summed E-state index contributed by atoms with van der Waals surface area (Å²) in [6, 6.07) is 6.72. The number of nitrogens with one attached hydrogen (secondary N) is 1. The Bertz CT molecular complexity index is 1140. The first-order valence-electron chi connectivity index (χ1n) is 9.85. The Hall–Kier alpha value is -3.85. The van der Waals surface area contributed by atoms with Gasteiger partial charge >= 0.3 is 24.1 Å². The molecule has 3 rings (SSSR count). The van der Waals surface area contributed by atoms with Crippen molar-refractivity contribution in [2.75, 3.05) is 7.11 Å². The minimum Gasteiger partial charge on any atom is -0.477 e. The fraction of sp³-hybridized carbons (Fsp3) is 0.286. The third kappa shape index (κ3) is 6.23. The molecule has 2 aliphatic rings. The number of thioether (sulfide) groups is 1. The molecule has 0 radical (unpaired) electrons. The van der Waals surface area contributed by atoms with Crippen LogP contribution >= 0.6 is 11.8 Å². The van der Waals surface area contributed by atoms with E-state index in [9.17, 15) is 37.5 Å². The summed E-state index contributed by atoms with van der Waals surface area (Å²) in [5.74, 6) is -5.82. The number of nitrogens with zero attached hydrogens (tertiary/aromatic N) is 1. The van der Waals surface area contributed by atoms with Crippen LogP contribution in [0.15, 0.2) is 52.6 Å². The molecule has 5 N–H and O–H groups in total. The van der Waals surface area contributed by atoms with Gasteiger partial charge in [-0.3, -0.25) is 14.5 Å². The van der Waals surface area contributed by atoms with E-state index >= 15 is 0 Å². The molecule has 194 valence electrons. The normalized spacial score (nSPS) is 20.9. The zero-order chi connectivity index (χ0) is 27.4. The van der Waals surface area contributed by atoms with E-state index in [0.717, 1.165) is 22.7 Å². The lowest BCUT2D eigenvalue weighted by Crippen LogP contribution is -2.70. The second-order valence-electron chi connectivity index (χ2n) is 7.20. The number of amides is 2. The number of allylic oxidation sites excluding steroid dienone is 1. The van der Waals surface area contributed by atoms with Gasteiger partial charge in [-0.15, -0.1) is 0 Å². The summed E-state index contributed by atoms with van der Waals surface area (Å²) in [6.07, 6.45) is -3.92. The first-order chi connectivity index (χ1) is 16.7. The van der Waals surface area contributed by atoms with Crippen LogP contribution in [-0.4, -0.2) is 69.5 Å². The number of carboxylic acids is 2. The third-order valence-corrected chi connectivity index (χ3v) is 6.29. The molecule has 1 fully saturated rings. The van der Waals surface area contributed by atoms with Crippen LogP contribution in [-0.2, 0) is 28.7 Å². The van der Waals surface area contributed by atoms with Crippen LogP contribution in [0.2, 0.25) is 0 Å². The van der Waals surface area contributed by atoms with Crippen molar-refractivity contribution >= 4 is 41.5 Å². The lowest BCUT2D eigenvalue weighted by atomic mass is 10.0. The van der Waals surface area contributed by atoms with Crippen molar-refractivity contribution in [3.63, 3.8) is 0 Å². The number of hydrogen-bond acceptors (Lipinski definition) is 8. The van der Waals surface area contributed by atoms with Crippen molar-refractivity contribution in [1.82, 2.24) is 10.2 Å². The molecular formula is C21H20F3N3O8S. The van der Waals surface area contributed by atoms with E-state index in [4.69, 9.17) is 15.6 Å². The number of alkyl halides is 3. The molecule has 1 aromatic rings. The highest BCUT2D eigenvalue weighted by molar-refractivity contribution is 8.04. The van der Waals surface area contributed by atoms with Gasteiger partial charge in [-0.1, -0.05) is 42.1 Å². The molecule has 0 spiro atoms. The number of carbonyl (C=O) groups is 5. The number of benzene rings is 1. The highest BCUT2D eigenvalue weighted by Crippen LogP contribution is 2.46. The number of hydrogen-bond donors (Lipinski definition) is 4. The fourth-order valence-electron chi connectivity index (χ4n) is 3.10. The summed E-state index contributed by atoms with van der Waals surface area (Å²) >= 11 is 1.10. The maximum atomic E-state index is 12.6. The highest BCUT2D eigenvalue weighted by atomic mass is 32.2. The molecular weight excluding hydrogens is 511 g/mol. The summed E-state index contributed by atoms with van der Waals surface area (Å²) in [4.78, 5) is 58.8. The van der Waals surface area contributed by atoms with Gasteiger partial charge in [-0.25, -0.2) is 14.4 Å². The molecule has 36 heavy (non-hydrogen) atoms. The van der Waals surface area contributed by atoms with E-state index in [0.29, 0.717) is 10.5 Å². The van der Waals surface area contributed by atoms with Crippen molar-refractivity contribution in [2.45, 2.75) is 30.6 Å². The quantitative estimate of drug-likeness (QED) is 0.245. The minimum atomic E-state index is -5.08. The van der Waals surface area contributed by atoms with E-state index in [2.05, 4.69) is 10.1 Å². The Kier molecular flexibility index (Phi) is 8.88. The Morgan fingerprint density at radius 3 is 2.22 bits per heavy atom. The van der Waals surface area contributed by atoms with Crippen LogP contribution in [0, 0.1) is 0 Å². The standard InChI is InChI=1S/C19H19N3O6S.C2HF3O2/c1-9-11(8-12(23)28-2)29-18-14(17(25)22(18)15(9)19(26)27)21-16(24)13(20)10-6-4-3-5-7-10;3-2(4,5)1(6)7/h3-8,13-14,18H,20H2,1-2H3,(H,21,24)(H,26,27);(H,6,7)/b11-8-;. The van der Waals surface area contributed by atoms with Crippen LogP contribution in [0.5, 0.6) is 0 Å². The average molecular weight is 531 g/mol. The second-order valence-corrected chi connectivity index (χ2v) is 8.36. The van der Waals surface area contributed by atoms with Gasteiger partial charge in [0.15, 0.2) is 0 Å². The van der Waals surface area contributed by atoms with Crippen LogP contribution in [0.1, 0.15) is 18.5 Å². The number of nitrogens with two attached hydrogens (primary N) is 1. The van der Waals surface area contributed by atoms with Crippen LogP contribution in [0.25, 0.3) is 0 Å². The topological polar surface area (TPSA) is 176 Å². The van der Waals surface area contributed by atoms with Gasteiger partial charge in [-0.2, -0.15) is 13.2 Å². The molecule has 0 aromatic heterocycles. The first kappa shape index (κ1) is 28.4. The van der Waals surface area contributed by atoms with E-state index < -0.39 is 53.4 Å². The Balaban J connectivity index is 0.000000572. The average Bonchev–Trinajstić information content (AvgIpc) is 2.82. The van der Waals surface area contributed by atoms with Gasteiger partial charge in [0.05, 0.1) is 7.11 Å². The van der Waals surface area contributed by atoms with Crippen molar-refractivity contribution < 1.29 is 52.1 Å². The maximum absolute atomic E-state index is 12.6. The van der Waals surface area contributed by atoms with Crippen LogP contribution < -0.4 is 11.1 Å². The molecule has 2 heterocycles. The molecule has 0 bridgehead atoms. The smallest absolute Gasteiger partial charge is 0.477 e. The predicted molar refractivity (Wildman–Crippen MR) is 118 cm³/mol. The van der Waals surface area contributed by atoms with E-state index in [1.54, 1.807) is 30.3 Å². The Labute approximate surface area is 205 Å². The number of methoxy groups -OCH3 is 1. The number of carbonyl (C=O) groups excluding carboxylic acids is 3. The largest absolute Gasteiger partial charge is 0.490 e. The van der Waals surface area contributed by atoms with Crippen molar-refractivity contribution in [3.05, 3.63) is 58.1 Å². The number of rotatable bonds is 5. The van der Waals surface area contributed by atoms with Gasteiger partial charge in [0.2, 0.25) is 5.91 Å².